The summed E-state index contributed by atoms with van der Waals surface area (Å²) in [6, 6.07) is 5.14. The number of aromatic nitrogens is 4. The van der Waals surface area contributed by atoms with E-state index in [1.807, 2.05) is 12.3 Å². The summed E-state index contributed by atoms with van der Waals surface area (Å²) in [5.41, 5.74) is 2.21. The van der Waals surface area contributed by atoms with Crippen LogP contribution in [0, 0.1) is 12.7 Å². The molecule has 5 rings (SSSR count). The molecule has 1 aliphatic rings. The summed E-state index contributed by atoms with van der Waals surface area (Å²) < 4.78 is 46.7. The Morgan fingerprint density at radius 2 is 1.88 bits per heavy atom. The van der Waals surface area contributed by atoms with Crippen LogP contribution in [0.15, 0.2) is 41.7 Å². The Kier molecular flexibility index (Phi) is 5.05. The highest BCUT2D eigenvalue weighted by molar-refractivity contribution is 7.93. The van der Waals surface area contributed by atoms with E-state index in [0.29, 0.717) is 23.3 Å². The Bertz CT molecular complexity index is 1470. The zero-order chi connectivity index (χ0) is 23.5. The van der Waals surface area contributed by atoms with Gasteiger partial charge < -0.3 is 14.6 Å². The molecule has 2 atom stereocenters. The fraction of sp³-hybridized carbons (Fsp3) is 0.364. The molecule has 2 N–H and O–H groups in total. The van der Waals surface area contributed by atoms with Gasteiger partial charge in [0, 0.05) is 68.0 Å². The van der Waals surface area contributed by atoms with Crippen LogP contribution in [0.25, 0.3) is 16.6 Å². The molecule has 33 heavy (non-hydrogen) atoms. The predicted molar refractivity (Wildman–Crippen MR) is 126 cm³/mol. The lowest BCUT2D eigenvalue weighted by atomic mass is 10.1. The van der Waals surface area contributed by atoms with E-state index in [9.17, 15) is 12.8 Å². The summed E-state index contributed by atoms with van der Waals surface area (Å²) in [4.78, 5) is 6.40. The molecule has 4 aromatic rings. The van der Waals surface area contributed by atoms with Crippen molar-refractivity contribution in [1.82, 2.24) is 24.5 Å². The van der Waals surface area contributed by atoms with Crippen LogP contribution in [0.1, 0.15) is 19.5 Å². The topological polar surface area (TPSA) is 96.6 Å². The number of sulfonamides is 1. The van der Waals surface area contributed by atoms with Crippen LogP contribution < -0.4 is 14.9 Å². The second kappa shape index (κ2) is 7.70. The molecule has 1 saturated heterocycles. The maximum absolute atomic E-state index is 14.5. The molecule has 3 aromatic heterocycles. The number of piperazine rings is 1. The molecule has 0 spiro atoms. The van der Waals surface area contributed by atoms with Gasteiger partial charge in [-0.2, -0.15) is 5.10 Å². The van der Waals surface area contributed by atoms with Crippen molar-refractivity contribution in [3.8, 4) is 0 Å². The molecular weight excluding hydrogens is 445 g/mol. The van der Waals surface area contributed by atoms with Gasteiger partial charge in [-0.25, -0.2) is 17.8 Å². The fourth-order valence-electron chi connectivity index (χ4n) is 4.64. The van der Waals surface area contributed by atoms with Crippen LogP contribution in [0.4, 0.5) is 15.8 Å². The highest BCUT2D eigenvalue weighted by Crippen LogP contribution is 2.33. The van der Waals surface area contributed by atoms with Crippen molar-refractivity contribution in [3.05, 3.63) is 48.3 Å². The van der Waals surface area contributed by atoms with Crippen molar-refractivity contribution < 1.29 is 12.8 Å². The van der Waals surface area contributed by atoms with E-state index in [1.165, 1.54) is 10.6 Å². The van der Waals surface area contributed by atoms with Crippen LogP contribution in [0.3, 0.4) is 0 Å². The normalized spacial score (nSPS) is 19.5. The summed E-state index contributed by atoms with van der Waals surface area (Å²) in [5.74, 6) is -0.608. The SMILES string of the molecule is Cc1cn2cc(NS(=O)(=O)c3ccc(N4CC(C)NC(C)C4)c4cn(C)nc34)cc(F)c2n1. The third-order valence-corrected chi connectivity index (χ3v) is 7.21. The van der Waals surface area contributed by atoms with Gasteiger partial charge in [-0.1, -0.05) is 0 Å². The Balaban J connectivity index is 1.56. The number of hydrogen-bond donors (Lipinski definition) is 2. The molecule has 0 aliphatic carbocycles. The standard InChI is InChI=1S/C22H26FN7O2S/c1-13-8-29(9-14(2)24-13)19-5-6-20(21-17(19)12-28(4)26-21)33(31,32)27-16-7-18(23)22-25-15(3)10-30(22)11-16/h5-7,10-14,24,27H,8-9H2,1-4H3. The summed E-state index contributed by atoms with van der Waals surface area (Å²) in [7, 11) is -2.27. The first-order valence-electron chi connectivity index (χ1n) is 10.8. The van der Waals surface area contributed by atoms with E-state index in [-0.39, 0.29) is 16.2 Å². The van der Waals surface area contributed by atoms with Gasteiger partial charge in [-0.05, 0) is 32.9 Å². The van der Waals surface area contributed by atoms with E-state index < -0.39 is 15.8 Å². The van der Waals surface area contributed by atoms with Crippen LogP contribution in [-0.2, 0) is 17.1 Å². The lowest BCUT2D eigenvalue weighted by Crippen LogP contribution is -2.54. The molecule has 0 amide bonds. The molecule has 174 valence electrons. The number of anilines is 2. The van der Waals surface area contributed by atoms with Gasteiger partial charge in [-0.3, -0.25) is 9.40 Å². The van der Waals surface area contributed by atoms with Crippen molar-refractivity contribution in [2.45, 2.75) is 37.8 Å². The van der Waals surface area contributed by atoms with Crippen LogP contribution in [0.5, 0.6) is 0 Å². The van der Waals surface area contributed by atoms with Crippen molar-refractivity contribution in [3.63, 3.8) is 0 Å². The number of hydrogen-bond acceptors (Lipinski definition) is 6. The number of benzene rings is 1. The number of nitrogens with zero attached hydrogens (tertiary/aromatic N) is 5. The van der Waals surface area contributed by atoms with E-state index >= 15 is 0 Å². The molecule has 0 radical (unpaired) electrons. The van der Waals surface area contributed by atoms with Crippen LogP contribution in [0.2, 0.25) is 0 Å². The largest absolute Gasteiger partial charge is 0.368 e. The van der Waals surface area contributed by atoms with Gasteiger partial charge in [0.25, 0.3) is 10.0 Å². The third-order valence-electron chi connectivity index (χ3n) is 5.80. The summed E-state index contributed by atoms with van der Waals surface area (Å²) in [6.07, 6.45) is 4.97. The molecule has 11 heteroatoms. The highest BCUT2D eigenvalue weighted by Gasteiger charge is 2.27. The number of nitrogens with one attached hydrogen (secondary N) is 2. The summed E-state index contributed by atoms with van der Waals surface area (Å²) in [5, 5.41) is 8.72. The van der Waals surface area contributed by atoms with E-state index in [0.717, 1.165) is 30.2 Å². The van der Waals surface area contributed by atoms with Gasteiger partial charge in [0.15, 0.2) is 11.5 Å². The summed E-state index contributed by atoms with van der Waals surface area (Å²) in [6.45, 7) is 7.62. The number of halogens is 1. The Morgan fingerprint density at radius 1 is 1.15 bits per heavy atom. The van der Waals surface area contributed by atoms with E-state index in [1.54, 1.807) is 30.9 Å². The number of imidazole rings is 1. The average Bonchev–Trinajstić information content (AvgIpc) is 3.27. The zero-order valence-electron chi connectivity index (χ0n) is 18.9. The number of rotatable bonds is 4. The molecule has 1 fully saturated rings. The molecule has 4 heterocycles. The lowest BCUT2D eigenvalue weighted by Gasteiger charge is -2.38. The monoisotopic (exact) mass is 471 g/mol. The first kappa shape index (κ1) is 21.7. The average molecular weight is 472 g/mol. The first-order chi connectivity index (χ1) is 15.6. The second-order valence-electron chi connectivity index (χ2n) is 8.82. The van der Waals surface area contributed by atoms with Gasteiger partial charge in [0.1, 0.15) is 10.4 Å². The maximum atomic E-state index is 14.5. The third kappa shape index (κ3) is 3.91. The quantitative estimate of drug-likeness (QED) is 0.475. The van der Waals surface area contributed by atoms with Crippen molar-refractivity contribution in [2.24, 2.45) is 7.05 Å². The molecule has 0 saturated carbocycles. The van der Waals surface area contributed by atoms with Gasteiger partial charge in [-0.15, -0.1) is 0 Å². The number of fused-ring (bicyclic) bond motifs is 2. The predicted octanol–water partition coefficient (Wildman–Crippen LogP) is 2.66. The van der Waals surface area contributed by atoms with Gasteiger partial charge in [0.2, 0.25) is 0 Å². The minimum absolute atomic E-state index is 0.0420. The summed E-state index contributed by atoms with van der Waals surface area (Å²) >= 11 is 0. The molecule has 1 aliphatic heterocycles. The minimum Gasteiger partial charge on any atom is -0.368 e. The van der Waals surface area contributed by atoms with Crippen molar-refractivity contribution >= 4 is 37.9 Å². The van der Waals surface area contributed by atoms with Gasteiger partial charge >= 0.3 is 0 Å². The Hall–Kier alpha value is -3.18. The maximum Gasteiger partial charge on any atom is 0.264 e. The molecule has 0 bridgehead atoms. The molecule has 2 unspecified atom stereocenters. The van der Waals surface area contributed by atoms with E-state index in [4.69, 9.17) is 0 Å². The van der Waals surface area contributed by atoms with Crippen LogP contribution >= 0.6 is 0 Å². The minimum atomic E-state index is -4.03. The van der Waals surface area contributed by atoms with Gasteiger partial charge in [0.05, 0.1) is 11.4 Å². The van der Waals surface area contributed by atoms with Crippen molar-refractivity contribution in [2.75, 3.05) is 22.7 Å². The Labute approximate surface area is 191 Å². The van der Waals surface area contributed by atoms with Crippen molar-refractivity contribution in [1.29, 1.82) is 0 Å². The lowest BCUT2D eigenvalue weighted by molar-refractivity contribution is 0.407. The molecule has 9 nitrogen and oxygen atoms in total. The fourth-order valence-corrected chi connectivity index (χ4v) is 5.83. The second-order valence-corrected chi connectivity index (χ2v) is 10.5. The molecular formula is C22H26FN7O2S. The number of pyridine rings is 1. The smallest absolute Gasteiger partial charge is 0.264 e. The molecule has 1 aromatic carbocycles. The van der Waals surface area contributed by atoms with Crippen LogP contribution in [-0.4, -0.2) is 52.8 Å². The number of aryl methyl sites for hydroxylation is 2. The Morgan fingerprint density at radius 3 is 2.61 bits per heavy atom. The first-order valence-corrected chi connectivity index (χ1v) is 12.2. The highest BCUT2D eigenvalue weighted by atomic mass is 32.2. The van der Waals surface area contributed by atoms with E-state index in [2.05, 4.69) is 38.9 Å². The zero-order valence-corrected chi connectivity index (χ0v) is 19.7.